The third-order valence-corrected chi connectivity index (χ3v) is 4.31. The molecule has 2 aromatic carbocycles. The molecule has 29 heavy (non-hydrogen) atoms. The van der Waals surface area contributed by atoms with Crippen LogP contribution in [0.4, 0.5) is 5.69 Å². The fraction of sp³-hybridized carbons (Fsp3) is 0.150. The number of carbonyl (C=O) groups excluding carboxylic acids is 1. The highest BCUT2D eigenvalue weighted by atomic mass is 79.9. The molecule has 7 nitrogen and oxygen atoms in total. The molecule has 0 aromatic heterocycles. The van der Waals surface area contributed by atoms with Crippen molar-refractivity contribution in [3.8, 4) is 17.6 Å². The lowest BCUT2D eigenvalue weighted by molar-refractivity contribution is -0.139. The molecule has 0 unspecified atom stereocenters. The van der Waals surface area contributed by atoms with Crippen LogP contribution in [0, 0.1) is 11.3 Å². The lowest BCUT2D eigenvalue weighted by atomic mass is 10.1. The molecule has 150 valence electrons. The summed E-state index contributed by atoms with van der Waals surface area (Å²) in [5, 5.41) is 20.9. The van der Waals surface area contributed by atoms with Gasteiger partial charge < -0.3 is 19.9 Å². The minimum Gasteiger partial charge on any atom is -0.494 e. The van der Waals surface area contributed by atoms with Crippen molar-refractivity contribution in [1.82, 2.24) is 0 Å². The van der Waals surface area contributed by atoms with Crippen LogP contribution in [0.5, 0.6) is 11.5 Å². The Bertz CT molecular complexity index is 978. The van der Waals surface area contributed by atoms with Gasteiger partial charge in [-0.15, -0.1) is 0 Å². The van der Waals surface area contributed by atoms with Crippen molar-refractivity contribution < 1.29 is 24.2 Å². The zero-order valence-corrected chi connectivity index (χ0v) is 17.6. The molecular formula is C20H16BrClN2O5. The number of nitriles is 1. The van der Waals surface area contributed by atoms with Crippen LogP contribution < -0.4 is 14.8 Å². The molecule has 0 aliphatic carbocycles. The number of nitrogens with one attached hydrogen (secondary N) is 1. The van der Waals surface area contributed by atoms with E-state index in [1.165, 1.54) is 12.1 Å². The maximum absolute atomic E-state index is 12.5. The van der Waals surface area contributed by atoms with Gasteiger partial charge in [-0.1, -0.05) is 17.7 Å². The monoisotopic (exact) mass is 478 g/mol. The lowest BCUT2D eigenvalue weighted by Crippen LogP contribution is -2.13. The number of halogens is 2. The Morgan fingerprint density at radius 3 is 2.69 bits per heavy atom. The number of carbonyl (C=O) groups is 2. The number of hydrogen-bond acceptors (Lipinski definition) is 5. The fourth-order valence-electron chi connectivity index (χ4n) is 2.28. The van der Waals surface area contributed by atoms with E-state index < -0.39 is 18.5 Å². The van der Waals surface area contributed by atoms with Gasteiger partial charge in [-0.25, -0.2) is 4.79 Å². The Morgan fingerprint density at radius 1 is 1.31 bits per heavy atom. The highest BCUT2D eigenvalue weighted by Crippen LogP contribution is 2.35. The minimum atomic E-state index is -1.14. The summed E-state index contributed by atoms with van der Waals surface area (Å²) >= 11 is 9.37. The maximum atomic E-state index is 12.5. The van der Waals surface area contributed by atoms with Gasteiger partial charge >= 0.3 is 5.97 Å². The van der Waals surface area contributed by atoms with Crippen molar-refractivity contribution in [2.75, 3.05) is 18.5 Å². The molecule has 0 atom stereocenters. The first-order chi connectivity index (χ1) is 13.8. The van der Waals surface area contributed by atoms with Crippen molar-refractivity contribution in [2.45, 2.75) is 6.92 Å². The molecular weight excluding hydrogens is 464 g/mol. The van der Waals surface area contributed by atoms with Crippen LogP contribution in [0.1, 0.15) is 12.5 Å². The number of carboxylic acids is 1. The molecule has 0 aliphatic rings. The second kappa shape index (κ2) is 10.5. The molecule has 0 heterocycles. The van der Waals surface area contributed by atoms with Crippen LogP contribution >= 0.6 is 27.5 Å². The van der Waals surface area contributed by atoms with E-state index >= 15 is 0 Å². The van der Waals surface area contributed by atoms with E-state index in [2.05, 4.69) is 21.2 Å². The van der Waals surface area contributed by atoms with Crippen LogP contribution in [0.2, 0.25) is 5.02 Å². The summed E-state index contributed by atoms with van der Waals surface area (Å²) in [4.78, 5) is 23.1. The van der Waals surface area contributed by atoms with Crippen LogP contribution in [0.25, 0.3) is 6.08 Å². The first kappa shape index (κ1) is 22.3. The summed E-state index contributed by atoms with van der Waals surface area (Å²) in [5.74, 6) is -0.990. The molecule has 0 saturated heterocycles. The van der Waals surface area contributed by atoms with Gasteiger partial charge in [0.05, 0.1) is 16.1 Å². The van der Waals surface area contributed by atoms with Gasteiger partial charge in [0.15, 0.2) is 12.4 Å². The molecule has 0 fully saturated rings. The van der Waals surface area contributed by atoms with Gasteiger partial charge in [0.25, 0.3) is 5.91 Å². The Balaban J connectivity index is 2.22. The van der Waals surface area contributed by atoms with Gasteiger partial charge in [0.2, 0.25) is 0 Å². The molecule has 0 bridgehead atoms. The quantitative estimate of drug-likeness (QED) is 0.426. The molecule has 2 aromatic rings. The van der Waals surface area contributed by atoms with E-state index in [1.54, 1.807) is 30.3 Å². The first-order valence-electron chi connectivity index (χ1n) is 8.33. The maximum Gasteiger partial charge on any atom is 0.341 e. The number of carboxylic acid groups (broad SMARTS) is 1. The highest BCUT2D eigenvalue weighted by molar-refractivity contribution is 9.10. The third-order valence-electron chi connectivity index (χ3n) is 3.44. The molecule has 9 heteroatoms. The number of nitrogens with zero attached hydrogens (tertiary/aromatic N) is 1. The predicted octanol–water partition coefficient (Wildman–Crippen LogP) is 4.51. The van der Waals surface area contributed by atoms with Crippen molar-refractivity contribution in [3.05, 3.63) is 57.0 Å². The summed E-state index contributed by atoms with van der Waals surface area (Å²) in [5.41, 5.74) is 0.798. The average molecular weight is 480 g/mol. The van der Waals surface area contributed by atoms with Crippen LogP contribution in [0.15, 0.2) is 46.4 Å². The SMILES string of the molecule is CCOc1cccc(NC(=O)/C(C#N)=C/c2cc(Cl)c(OCC(=O)O)c(Br)c2)c1. The molecule has 0 radical (unpaired) electrons. The molecule has 2 N–H and O–H groups in total. The summed E-state index contributed by atoms with van der Waals surface area (Å²) in [6, 6.07) is 11.7. The van der Waals surface area contributed by atoms with Crippen molar-refractivity contribution in [2.24, 2.45) is 0 Å². The number of ether oxygens (including phenoxy) is 2. The number of hydrogen-bond donors (Lipinski definition) is 2. The number of benzene rings is 2. The Labute approximate surface area is 180 Å². The standard InChI is InChI=1S/C20H16BrClN2O5/c1-2-28-15-5-3-4-14(9-15)24-20(27)13(10-23)6-12-7-16(21)19(17(22)8-12)29-11-18(25)26/h3-9H,2,11H2,1H3,(H,24,27)(H,25,26)/b13-6+. The van der Waals surface area contributed by atoms with Crippen LogP contribution in [-0.2, 0) is 9.59 Å². The first-order valence-corrected chi connectivity index (χ1v) is 9.50. The van der Waals surface area contributed by atoms with Crippen molar-refractivity contribution >= 4 is 51.2 Å². The van der Waals surface area contributed by atoms with Gasteiger partial charge in [-0.05, 0) is 58.8 Å². The van der Waals surface area contributed by atoms with Gasteiger partial charge in [-0.2, -0.15) is 5.26 Å². The summed E-state index contributed by atoms with van der Waals surface area (Å²) < 4.78 is 10.9. The summed E-state index contributed by atoms with van der Waals surface area (Å²) in [6.45, 7) is 1.78. The number of aliphatic carboxylic acids is 1. The normalized spacial score (nSPS) is 10.8. The largest absolute Gasteiger partial charge is 0.494 e. The lowest BCUT2D eigenvalue weighted by Gasteiger charge is -2.10. The van der Waals surface area contributed by atoms with Crippen LogP contribution in [-0.4, -0.2) is 30.2 Å². The van der Waals surface area contributed by atoms with E-state index in [0.29, 0.717) is 28.1 Å². The van der Waals surface area contributed by atoms with Gasteiger partial charge in [0, 0.05) is 11.8 Å². The van der Waals surface area contributed by atoms with Crippen molar-refractivity contribution in [1.29, 1.82) is 5.26 Å². The summed E-state index contributed by atoms with van der Waals surface area (Å²) in [6.07, 6.45) is 1.36. The second-order valence-corrected chi connectivity index (χ2v) is 6.84. The van der Waals surface area contributed by atoms with E-state index in [0.717, 1.165) is 0 Å². The Morgan fingerprint density at radius 2 is 2.07 bits per heavy atom. The summed E-state index contributed by atoms with van der Waals surface area (Å²) in [7, 11) is 0. The van der Waals surface area contributed by atoms with Crippen LogP contribution in [0.3, 0.4) is 0 Å². The average Bonchev–Trinajstić information content (AvgIpc) is 2.65. The minimum absolute atomic E-state index is 0.133. The fourth-order valence-corrected chi connectivity index (χ4v) is 3.27. The number of anilines is 1. The molecule has 0 aliphatic heterocycles. The van der Waals surface area contributed by atoms with E-state index in [-0.39, 0.29) is 16.3 Å². The van der Waals surface area contributed by atoms with E-state index in [9.17, 15) is 14.9 Å². The molecule has 0 saturated carbocycles. The molecule has 2 rings (SSSR count). The predicted molar refractivity (Wildman–Crippen MR) is 112 cm³/mol. The third kappa shape index (κ3) is 6.52. The zero-order chi connectivity index (χ0) is 21.4. The molecule has 0 spiro atoms. The number of rotatable bonds is 8. The smallest absolute Gasteiger partial charge is 0.341 e. The number of amides is 1. The van der Waals surface area contributed by atoms with Gasteiger partial charge in [0.1, 0.15) is 17.4 Å². The Hall–Kier alpha value is -3.02. The Kier molecular flexibility index (Phi) is 8.07. The second-order valence-electron chi connectivity index (χ2n) is 5.58. The van der Waals surface area contributed by atoms with Gasteiger partial charge in [-0.3, -0.25) is 4.79 Å². The highest BCUT2D eigenvalue weighted by Gasteiger charge is 2.14. The van der Waals surface area contributed by atoms with E-state index in [4.69, 9.17) is 26.2 Å². The topological polar surface area (TPSA) is 109 Å². The molecule has 1 amide bonds. The van der Waals surface area contributed by atoms with E-state index in [1.807, 2.05) is 13.0 Å². The van der Waals surface area contributed by atoms with Crippen molar-refractivity contribution in [3.63, 3.8) is 0 Å². The zero-order valence-electron chi connectivity index (χ0n) is 15.2.